The van der Waals surface area contributed by atoms with Gasteiger partial charge in [-0.1, -0.05) is 25.3 Å². The van der Waals surface area contributed by atoms with Crippen LogP contribution in [0.2, 0.25) is 0 Å². The zero-order valence-electron chi connectivity index (χ0n) is 5.85. The Balaban J connectivity index is 4.36. The average molecular weight is 123 g/mol. The van der Waals surface area contributed by atoms with E-state index in [4.69, 9.17) is 5.73 Å². The molecule has 0 heterocycles. The molecule has 0 spiro atoms. The van der Waals surface area contributed by atoms with Crippen LogP contribution in [0.4, 0.5) is 0 Å². The van der Waals surface area contributed by atoms with Crippen LogP contribution in [0.5, 0.6) is 0 Å². The second kappa shape index (κ2) is 4.10. The van der Waals surface area contributed by atoms with Gasteiger partial charge in [0.05, 0.1) is 0 Å². The third-order valence-electron chi connectivity index (χ3n) is 1.28. The Bertz CT molecular complexity index is 143. The van der Waals surface area contributed by atoms with E-state index in [1.165, 1.54) is 0 Å². The van der Waals surface area contributed by atoms with Gasteiger partial charge in [0.1, 0.15) is 0 Å². The SMILES string of the molecule is C=C/C(C)=C(\C=C)CN. The molecule has 0 aliphatic heterocycles. The number of allylic oxidation sites excluding steroid dienone is 2. The second-order valence-corrected chi connectivity index (χ2v) is 1.82. The highest BCUT2D eigenvalue weighted by Gasteiger charge is 1.88. The standard InChI is InChI=1S/C8H13N/c1-4-7(3)8(5-2)6-9/h4-5H,1-2,6,9H2,3H3/b8-7+. The summed E-state index contributed by atoms with van der Waals surface area (Å²) in [6.45, 7) is 9.74. The third kappa shape index (κ3) is 2.29. The number of hydrogen-bond acceptors (Lipinski definition) is 1. The van der Waals surface area contributed by atoms with Gasteiger partial charge in [-0.3, -0.25) is 0 Å². The van der Waals surface area contributed by atoms with Crippen LogP contribution in [0.1, 0.15) is 6.92 Å². The molecule has 0 aliphatic carbocycles. The summed E-state index contributed by atoms with van der Waals surface area (Å²) in [6.07, 6.45) is 3.54. The van der Waals surface area contributed by atoms with Gasteiger partial charge in [0.25, 0.3) is 0 Å². The topological polar surface area (TPSA) is 26.0 Å². The third-order valence-corrected chi connectivity index (χ3v) is 1.28. The van der Waals surface area contributed by atoms with Gasteiger partial charge in [0.2, 0.25) is 0 Å². The molecule has 0 bridgehead atoms. The molecular weight excluding hydrogens is 110 g/mol. The summed E-state index contributed by atoms with van der Waals surface area (Å²) in [5.41, 5.74) is 7.55. The summed E-state index contributed by atoms with van der Waals surface area (Å²) < 4.78 is 0. The van der Waals surface area contributed by atoms with E-state index in [1.807, 2.05) is 6.92 Å². The van der Waals surface area contributed by atoms with Gasteiger partial charge in [-0.2, -0.15) is 0 Å². The smallest absolute Gasteiger partial charge is 0.0180 e. The molecule has 0 saturated heterocycles. The van der Waals surface area contributed by atoms with Gasteiger partial charge in [-0.05, 0) is 18.1 Å². The molecule has 1 heteroatoms. The van der Waals surface area contributed by atoms with Crippen molar-refractivity contribution in [3.8, 4) is 0 Å². The van der Waals surface area contributed by atoms with Gasteiger partial charge in [-0.15, -0.1) is 0 Å². The number of rotatable bonds is 3. The Hall–Kier alpha value is -0.820. The molecular formula is C8H13N. The highest BCUT2D eigenvalue weighted by atomic mass is 14.5. The minimum absolute atomic E-state index is 0.543. The van der Waals surface area contributed by atoms with Crippen molar-refractivity contribution in [2.24, 2.45) is 5.73 Å². The first kappa shape index (κ1) is 8.18. The predicted molar refractivity (Wildman–Crippen MR) is 42.1 cm³/mol. The van der Waals surface area contributed by atoms with E-state index >= 15 is 0 Å². The molecule has 50 valence electrons. The molecule has 0 aromatic heterocycles. The van der Waals surface area contributed by atoms with Crippen molar-refractivity contribution in [1.29, 1.82) is 0 Å². The molecule has 0 radical (unpaired) electrons. The number of nitrogens with two attached hydrogens (primary N) is 1. The molecule has 0 atom stereocenters. The average Bonchev–Trinajstić information content (AvgIpc) is 1.90. The molecule has 0 aliphatic rings. The van der Waals surface area contributed by atoms with E-state index in [2.05, 4.69) is 13.2 Å². The molecule has 1 nitrogen and oxygen atoms in total. The molecule has 0 aromatic carbocycles. The Morgan fingerprint density at radius 2 is 2.00 bits per heavy atom. The molecule has 2 N–H and O–H groups in total. The van der Waals surface area contributed by atoms with E-state index in [1.54, 1.807) is 12.2 Å². The van der Waals surface area contributed by atoms with E-state index in [0.29, 0.717) is 6.54 Å². The first-order valence-corrected chi connectivity index (χ1v) is 2.91. The summed E-state index contributed by atoms with van der Waals surface area (Å²) in [4.78, 5) is 0. The normalized spacial score (nSPS) is 12.2. The van der Waals surface area contributed by atoms with Crippen LogP contribution in [0, 0.1) is 0 Å². The lowest BCUT2D eigenvalue weighted by Crippen LogP contribution is -2.01. The van der Waals surface area contributed by atoms with Crippen LogP contribution in [0.3, 0.4) is 0 Å². The van der Waals surface area contributed by atoms with Crippen molar-refractivity contribution in [2.75, 3.05) is 6.54 Å². The quantitative estimate of drug-likeness (QED) is 0.567. The summed E-state index contributed by atoms with van der Waals surface area (Å²) in [5.74, 6) is 0. The Morgan fingerprint density at radius 3 is 2.11 bits per heavy atom. The Kier molecular flexibility index (Phi) is 3.72. The van der Waals surface area contributed by atoms with E-state index in [0.717, 1.165) is 11.1 Å². The zero-order valence-corrected chi connectivity index (χ0v) is 5.85. The maximum Gasteiger partial charge on any atom is 0.0180 e. The lowest BCUT2D eigenvalue weighted by atomic mass is 10.1. The van der Waals surface area contributed by atoms with Crippen LogP contribution >= 0.6 is 0 Å². The Labute approximate surface area is 56.6 Å². The summed E-state index contributed by atoms with van der Waals surface area (Å²) >= 11 is 0. The fraction of sp³-hybridized carbons (Fsp3) is 0.250. The molecule has 0 aromatic rings. The van der Waals surface area contributed by atoms with E-state index in [-0.39, 0.29) is 0 Å². The first-order chi connectivity index (χ1) is 4.26. The summed E-state index contributed by atoms with van der Waals surface area (Å²) in [6, 6.07) is 0. The maximum atomic E-state index is 5.38. The van der Waals surface area contributed by atoms with Crippen LogP contribution in [-0.2, 0) is 0 Å². The zero-order chi connectivity index (χ0) is 7.28. The van der Waals surface area contributed by atoms with Crippen molar-refractivity contribution in [1.82, 2.24) is 0 Å². The monoisotopic (exact) mass is 123 g/mol. The highest BCUT2D eigenvalue weighted by Crippen LogP contribution is 2.02. The van der Waals surface area contributed by atoms with Crippen LogP contribution in [0.15, 0.2) is 36.5 Å². The van der Waals surface area contributed by atoms with E-state index < -0.39 is 0 Å². The van der Waals surface area contributed by atoms with Crippen LogP contribution < -0.4 is 5.73 Å². The van der Waals surface area contributed by atoms with Crippen molar-refractivity contribution in [3.05, 3.63) is 36.5 Å². The van der Waals surface area contributed by atoms with Crippen LogP contribution in [-0.4, -0.2) is 6.54 Å². The summed E-state index contributed by atoms with van der Waals surface area (Å²) in [5, 5.41) is 0. The fourth-order valence-corrected chi connectivity index (χ4v) is 0.536. The molecule has 0 fully saturated rings. The first-order valence-electron chi connectivity index (χ1n) is 2.91. The van der Waals surface area contributed by atoms with Gasteiger partial charge in [-0.25, -0.2) is 0 Å². The summed E-state index contributed by atoms with van der Waals surface area (Å²) in [7, 11) is 0. The Morgan fingerprint density at radius 1 is 1.44 bits per heavy atom. The lowest BCUT2D eigenvalue weighted by molar-refractivity contribution is 1.16. The van der Waals surface area contributed by atoms with Gasteiger partial charge < -0.3 is 5.73 Å². The highest BCUT2D eigenvalue weighted by molar-refractivity contribution is 5.30. The molecule has 0 saturated carbocycles. The van der Waals surface area contributed by atoms with Gasteiger partial charge >= 0.3 is 0 Å². The molecule has 9 heavy (non-hydrogen) atoms. The molecule has 0 unspecified atom stereocenters. The van der Waals surface area contributed by atoms with Crippen molar-refractivity contribution >= 4 is 0 Å². The fourth-order valence-electron chi connectivity index (χ4n) is 0.536. The molecule has 0 amide bonds. The van der Waals surface area contributed by atoms with Gasteiger partial charge in [0.15, 0.2) is 0 Å². The molecule has 0 rings (SSSR count). The maximum absolute atomic E-state index is 5.38. The van der Waals surface area contributed by atoms with Crippen molar-refractivity contribution in [3.63, 3.8) is 0 Å². The minimum Gasteiger partial charge on any atom is -0.326 e. The van der Waals surface area contributed by atoms with Crippen LogP contribution in [0.25, 0.3) is 0 Å². The number of hydrogen-bond donors (Lipinski definition) is 1. The lowest BCUT2D eigenvalue weighted by Gasteiger charge is -1.98. The largest absolute Gasteiger partial charge is 0.326 e. The van der Waals surface area contributed by atoms with Crippen molar-refractivity contribution < 1.29 is 0 Å². The van der Waals surface area contributed by atoms with Gasteiger partial charge in [0, 0.05) is 6.54 Å². The predicted octanol–water partition coefficient (Wildman–Crippen LogP) is 1.63. The minimum atomic E-state index is 0.543. The second-order valence-electron chi connectivity index (χ2n) is 1.82. The van der Waals surface area contributed by atoms with Crippen molar-refractivity contribution in [2.45, 2.75) is 6.92 Å². The van der Waals surface area contributed by atoms with E-state index in [9.17, 15) is 0 Å².